The maximum absolute atomic E-state index is 5.21. The van der Waals surface area contributed by atoms with Crippen LogP contribution >= 0.6 is 0 Å². The predicted molar refractivity (Wildman–Crippen MR) is 101 cm³/mol. The first-order valence-electron chi connectivity index (χ1n) is 10.7. The highest BCUT2D eigenvalue weighted by Crippen LogP contribution is 2.14. The number of rotatable bonds is 18. The van der Waals surface area contributed by atoms with Gasteiger partial charge in [0.25, 0.3) is 0 Å². The minimum atomic E-state index is 0. The Hall–Kier alpha value is 0.210. The lowest BCUT2D eigenvalue weighted by molar-refractivity contribution is -0.656. The van der Waals surface area contributed by atoms with Crippen LogP contribution in [0.25, 0.3) is 0 Å². The van der Waals surface area contributed by atoms with Gasteiger partial charge in [0.2, 0.25) is 0 Å². The van der Waals surface area contributed by atoms with Crippen LogP contribution in [0.3, 0.4) is 0 Å². The lowest BCUT2D eigenvalue weighted by Crippen LogP contribution is -3.00. The van der Waals surface area contributed by atoms with Crippen molar-refractivity contribution < 1.29 is 22.5 Å². The van der Waals surface area contributed by atoms with Gasteiger partial charge in [0.15, 0.2) is 0 Å². The number of nitrogens with two attached hydrogens (primary N) is 1. The molecule has 24 heavy (non-hydrogen) atoms. The van der Waals surface area contributed by atoms with Crippen molar-refractivity contribution in [2.45, 2.75) is 110 Å². The molecule has 0 bridgehead atoms. The second-order valence-corrected chi connectivity index (χ2v) is 8.05. The summed E-state index contributed by atoms with van der Waals surface area (Å²) in [5.74, 6) is 0.894. The fourth-order valence-corrected chi connectivity index (χ4v) is 3.29. The number of hydrogen-bond acceptors (Lipinski definition) is 1. The fourth-order valence-electron chi connectivity index (χ4n) is 3.29. The van der Waals surface area contributed by atoms with Gasteiger partial charge in [-0.1, -0.05) is 90.9 Å². The molecule has 146 valence electrons. The molecular formula is C21H44ClNO. The van der Waals surface area contributed by atoms with E-state index in [-0.39, 0.29) is 12.4 Å². The number of hydrogen-bond donors (Lipinski definition) is 1. The van der Waals surface area contributed by atoms with Crippen molar-refractivity contribution in [3.63, 3.8) is 0 Å². The van der Waals surface area contributed by atoms with Crippen LogP contribution in [0.5, 0.6) is 0 Å². The summed E-state index contributed by atoms with van der Waals surface area (Å²) >= 11 is 0. The van der Waals surface area contributed by atoms with E-state index in [1.54, 1.807) is 0 Å². The van der Waals surface area contributed by atoms with E-state index in [1.807, 2.05) is 0 Å². The Bertz CT molecular complexity index is 228. The van der Waals surface area contributed by atoms with E-state index in [2.05, 4.69) is 19.2 Å². The third kappa shape index (κ3) is 18.5. The van der Waals surface area contributed by atoms with E-state index < -0.39 is 0 Å². The number of ether oxygens (including phenoxy) is 1. The third-order valence-electron chi connectivity index (χ3n) is 5.02. The topological polar surface area (TPSA) is 29.1 Å². The first-order chi connectivity index (χ1) is 11.3. The molecule has 0 radical (unpaired) electrons. The summed E-state index contributed by atoms with van der Waals surface area (Å²) in [7, 11) is 0. The van der Waals surface area contributed by atoms with E-state index >= 15 is 0 Å². The van der Waals surface area contributed by atoms with Gasteiger partial charge in [-0.15, -0.1) is 0 Å². The minimum absolute atomic E-state index is 0. The van der Waals surface area contributed by atoms with Gasteiger partial charge in [-0.05, 0) is 18.8 Å². The molecule has 0 saturated carbocycles. The Morgan fingerprint density at radius 3 is 1.58 bits per heavy atom. The van der Waals surface area contributed by atoms with Crippen molar-refractivity contribution in [1.29, 1.82) is 0 Å². The summed E-state index contributed by atoms with van der Waals surface area (Å²) in [6.07, 6.45) is 21.0. The molecule has 1 aliphatic rings. The van der Waals surface area contributed by atoms with Crippen LogP contribution in [0, 0.1) is 5.92 Å². The molecule has 0 aromatic carbocycles. The Morgan fingerprint density at radius 1 is 0.750 bits per heavy atom. The van der Waals surface area contributed by atoms with Crippen LogP contribution < -0.4 is 17.7 Å². The van der Waals surface area contributed by atoms with E-state index in [4.69, 9.17) is 4.74 Å². The highest BCUT2D eigenvalue weighted by atomic mass is 35.5. The zero-order chi connectivity index (χ0) is 16.6. The van der Waals surface area contributed by atoms with Crippen LogP contribution in [-0.4, -0.2) is 25.8 Å². The zero-order valence-corrected chi connectivity index (χ0v) is 17.3. The van der Waals surface area contributed by atoms with Crippen LogP contribution in [0.2, 0.25) is 0 Å². The number of unbranched alkanes of at least 4 members (excludes halogenated alkanes) is 12. The van der Waals surface area contributed by atoms with Crippen molar-refractivity contribution in [3.8, 4) is 0 Å². The predicted octanol–water partition coefficient (Wildman–Crippen LogP) is 2.07. The first-order valence-corrected chi connectivity index (χ1v) is 10.7. The Kier molecular flexibility index (Phi) is 18.2. The van der Waals surface area contributed by atoms with Crippen molar-refractivity contribution in [2.24, 2.45) is 5.92 Å². The molecule has 2 nitrogen and oxygen atoms in total. The maximum atomic E-state index is 5.21. The average Bonchev–Trinajstić information content (AvgIpc) is 3.34. The van der Waals surface area contributed by atoms with Gasteiger partial charge < -0.3 is 22.5 Å². The molecule has 1 fully saturated rings. The Morgan fingerprint density at radius 2 is 1.17 bits per heavy atom. The van der Waals surface area contributed by atoms with Crippen molar-refractivity contribution in [2.75, 3.05) is 19.7 Å². The monoisotopic (exact) mass is 361 g/mol. The van der Waals surface area contributed by atoms with Crippen LogP contribution in [0.15, 0.2) is 0 Å². The number of halogens is 1. The van der Waals surface area contributed by atoms with Gasteiger partial charge in [-0.25, -0.2) is 0 Å². The molecule has 0 aliphatic carbocycles. The van der Waals surface area contributed by atoms with Crippen molar-refractivity contribution in [1.82, 2.24) is 0 Å². The van der Waals surface area contributed by atoms with Gasteiger partial charge in [0.1, 0.15) is 12.6 Å². The highest BCUT2D eigenvalue weighted by molar-refractivity contribution is 4.65. The average molecular weight is 362 g/mol. The molecule has 0 aromatic heterocycles. The van der Waals surface area contributed by atoms with Gasteiger partial charge >= 0.3 is 0 Å². The second-order valence-electron chi connectivity index (χ2n) is 8.05. The second kappa shape index (κ2) is 18.0. The first kappa shape index (κ1) is 24.2. The molecule has 0 amide bonds. The van der Waals surface area contributed by atoms with E-state index in [9.17, 15) is 0 Å². The third-order valence-corrected chi connectivity index (χ3v) is 5.02. The number of epoxide rings is 1. The lowest BCUT2D eigenvalue weighted by Gasteiger charge is -2.05. The summed E-state index contributed by atoms with van der Waals surface area (Å²) in [6, 6.07) is 0. The summed E-state index contributed by atoms with van der Waals surface area (Å²) in [4.78, 5) is 0. The molecule has 1 rings (SSSR count). The molecule has 1 unspecified atom stereocenters. The largest absolute Gasteiger partial charge is 1.00 e. The molecule has 1 atom stereocenters. The quantitative estimate of drug-likeness (QED) is 0.294. The van der Waals surface area contributed by atoms with Gasteiger partial charge in [0.05, 0.1) is 13.2 Å². The van der Waals surface area contributed by atoms with Crippen molar-refractivity contribution >= 4 is 0 Å². The molecule has 1 heterocycles. The van der Waals surface area contributed by atoms with Crippen LogP contribution in [0.1, 0.15) is 104 Å². The highest BCUT2D eigenvalue weighted by Gasteiger charge is 2.23. The molecule has 2 N–H and O–H groups in total. The van der Waals surface area contributed by atoms with Gasteiger partial charge in [0, 0.05) is 0 Å². The summed E-state index contributed by atoms with van der Waals surface area (Å²) in [5, 5.41) is 2.43. The zero-order valence-electron chi connectivity index (χ0n) is 16.5. The molecular weight excluding hydrogens is 318 g/mol. The molecule has 0 spiro atoms. The minimum Gasteiger partial charge on any atom is -1.00 e. The molecule has 1 aliphatic heterocycles. The standard InChI is InChI=1S/C21H43NO.ClH/c1-20(2)16-14-12-10-8-6-4-3-5-7-9-11-13-15-17-22-18-21-19-23-21;/h20-22H,3-19H2,1-2H3;1H. The lowest BCUT2D eigenvalue weighted by atomic mass is 10.0. The molecule has 3 heteroatoms. The van der Waals surface area contributed by atoms with E-state index in [0.717, 1.165) is 12.5 Å². The molecule has 0 aromatic rings. The normalized spacial score (nSPS) is 16.4. The van der Waals surface area contributed by atoms with Crippen LogP contribution in [0.4, 0.5) is 0 Å². The summed E-state index contributed by atoms with van der Waals surface area (Å²) in [6.45, 7) is 8.18. The SMILES string of the molecule is CC(C)CCCCCCCCCCCCCCC[NH2+]CC1CO1.[Cl-]. The summed E-state index contributed by atoms with van der Waals surface area (Å²) < 4.78 is 5.21. The Labute approximate surface area is 158 Å². The Balaban J connectivity index is 0.00000529. The van der Waals surface area contributed by atoms with Gasteiger partial charge in [-0.3, -0.25) is 0 Å². The van der Waals surface area contributed by atoms with E-state index in [0.29, 0.717) is 6.10 Å². The molecule has 1 saturated heterocycles. The van der Waals surface area contributed by atoms with Crippen LogP contribution in [-0.2, 0) is 4.74 Å². The maximum Gasteiger partial charge on any atom is 0.130 e. The van der Waals surface area contributed by atoms with E-state index in [1.165, 1.54) is 103 Å². The number of quaternary nitrogens is 1. The smallest absolute Gasteiger partial charge is 0.130 e. The van der Waals surface area contributed by atoms with Gasteiger partial charge in [-0.2, -0.15) is 0 Å². The summed E-state index contributed by atoms with van der Waals surface area (Å²) in [5.41, 5.74) is 0. The van der Waals surface area contributed by atoms with Crippen molar-refractivity contribution in [3.05, 3.63) is 0 Å². The fraction of sp³-hybridized carbons (Fsp3) is 1.00.